The van der Waals surface area contributed by atoms with Gasteiger partial charge in [-0.3, -0.25) is 14.7 Å². The molecule has 2 aliphatic heterocycles. The number of piperidine rings is 1. The second-order valence-electron chi connectivity index (χ2n) is 8.85. The van der Waals surface area contributed by atoms with Crippen LogP contribution in [0, 0.1) is 0 Å². The van der Waals surface area contributed by atoms with Crippen LogP contribution in [0.15, 0.2) is 41.1 Å². The summed E-state index contributed by atoms with van der Waals surface area (Å²) in [4.78, 5) is 36.5. The van der Waals surface area contributed by atoms with Gasteiger partial charge in [-0.1, -0.05) is 6.92 Å². The molecule has 4 rings (SSSR count). The molecule has 1 unspecified atom stereocenters. The number of nitrogens with one attached hydrogen (secondary N) is 1. The fourth-order valence-corrected chi connectivity index (χ4v) is 4.33. The molecule has 2 aliphatic rings. The van der Waals surface area contributed by atoms with Crippen LogP contribution in [0.3, 0.4) is 0 Å². The highest BCUT2D eigenvalue weighted by molar-refractivity contribution is 5.81. The van der Waals surface area contributed by atoms with Crippen LogP contribution < -0.4 is 5.32 Å². The molecule has 1 spiro atoms. The van der Waals surface area contributed by atoms with E-state index in [4.69, 9.17) is 24.2 Å². The summed E-state index contributed by atoms with van der Waals surface area (Å²) in [6.45, 7) is 4.91. The molecule has 1 atom stereocenters. The number of amides is 1. The minimum Gasteiger partial charge on any atom is -0.475 e. The van der Waals surface area contributed by atoms with E-state index in [1.54, 1.807) is 0 Å². The number of carboxylic acids is 2. The maximum atomic E-state index is 12.2. The average Bonchev–Trinajstić information content (AvgIpc) is 3.44. The van der Waals surface area contributed by atoms with E-state index in [9.17, 15) is 31.1 Å². The van der Waals surface area contributed by atoms with Crippen molar-refractivity contribution in [3.8, 4) is 0 Å². The van der Waals surface area contributed by atoms with Crippen molar-refractivity contribution in [2.45, 2.75) is 63.0 Å². The molecule has 216 valence electrons. The van der Waals surface area contributed by atoms with Gasteiger partial charge >= 0.3 is 24.3 Å². The maximum Gasteiger partial charge on any atom is 0.490 e. The second-order valence-corrected chi connectivity index (χ2v) is 8.85. The number of aliphatic carboxylic acids is 2. The summed E-state index contributed by atoms with van der Waals surface area (Å²) in [5, 5.41) is 17.6. The Balaban J connectivity index is 0.000000317. The van der Waals surface area contributed by atoms with Gasteiger partial charge < -0.3 is 19.9 Å². The summed E-state index contributed by atoms with van der Waals surface area (Å²) in [6.07, 6.45) is -3.04. The van der Waals surface area contributed by atoms with Gasteiger partial charge in [-0.25, -0.2) is 9.59 Å². The number of alkyl halides is 6. The first-order chi connectivity index (χ1) is 18.1. The van der Waals surface area contributed by atoms with Gasteiger partial charge in [0.05, 0.1) is 6.54 Å². The highest BCUT2D eigenvalue weighted by Crippen LogP contribution is 2.43. The molecule has 39 heavy (non-hydrogen) atoms. The highest BCUT2D eigenvalue weighted by Gasteiger charge is 2.48. The van der Waals surface area contributed by atoms with Crippen LogP contribution in [-0.4, -0.2) is 68.9 Å². The first-order valence-electron chi connectivity index (χ1n) is 11.7. The molecule has 0 saturated carbocycles. The third-order valence-corrected chi connectivity index (χ3v) is 6.23. The summed E-state index contributed by atoms with van der Waals surface area (Å²) in [7, 11) is 0. The van der Waals surface area contributed by atoms with Gasteiger partial charge in [0.1, 0.15) is 11.5 Å². The van der Waals surface area contributed by atoms with Crippen LogP contribution in [0.5, 0.6) is 0 Å². The normalized spacial score (nSPS) is 18.8. The molecular formula is C24H27F6N3O6. The molecule has 2 aromatic heterocycles. The molecule has 4 heterocycles. The summed E-state index contributed by atoms with van der Waals surface area (Å²) < 4.78 is 69.3. The summed E-state index contributed by atoms with van der Waals surface area (Å²) >= 11 is 0. The molecule has 3 N–H and O–H groups in total. The highest BCUT2D eigenvalue weighted by atomic mass is 19.4. The number of carbonyl (C=O) groups excluding carboxylic acids is 1. The molecule has 15 heteroatoms. The number of pyridine rings is 1. The van der Waals surface area contributed by atoms with Gasteiger partial charge in [0.25, 0.3) is 0 Å². The quantitative estimate of drug-likeness (QED) is 0.470. The molecule has 0 aromatic carbocycles. The fraction of sp³-hybridized carbons (Fsp3) is 0.500. The van der Waals surface area contributed by atoms with E-state index in [-0.39, 0.29) is 17.4 Å². The van der Waals surface area contributed by atoms with Crippen LogP contribution >= 0.6 is 0 Å². The van der Waals surface area contributed by atoms with E-state index in [0.717, 1.165) is 50.4 Å². The third-order valence-electron chi connectivity index (χ3n) is 6.23. The van der Waals surface area contributed by atoms with Crippen molar-refractivity contribution >= 4 is 17.8 Å². The van der Waals surface area contributed by atoms with E-state index in [2.05, 4.69) is 34.3 Å². The van der Waals surface area contributed by atoms with Gasteiger partial charge in [0, 0.05) is 49.8 Å². The Morgan fingerprint density at radius 2 is 1.49 bits per heavy atom. The number of halogens is 6. The largest absolute Gasteiger partial charge is 0.490 e. The Bertz CT molecular complexity index is 1090. The van der Waals surface area contributed by atoms with E-state index >= 15 is 0 Å². The lowest BCUT2D eigenvalue weighted by atomic mass is 9.74. The number of nitrogens with zero attached hydrogens (tertiary/aromatic N) is 2. The van der Waals surface area contributed by atoms with Crippen molar-refractivity contribution in [3.63, 3.8) is 0 Å². The number of carboxylic acid groups (broad SMARTS) is 2. The molecule has 2 saturated heterocycles. The minimum atomic E-state index is -5.08. The topological polar surface area (TPSA) is 133 Å². The minimum absolute atomic E-state index is 0.104. The number of hydrogen-bond donors (Lipinski definition) is 3. The van der Waals surface area contributed by atoms with Crippen molar-refractivity contribution in [1.29, 1.82) is 0 Å². The molecule has 0 aliphatic carbocycles. The summed E-state index contributed by atoms with van der Waals surface area (Å²) in [5.74, 6) is -3.01. The Morgan fingerprint density at radius 1 is 1.00 bits per heavy atom. The maximum absolute atomic E-state index is 12.2. The predicted octanol–water partition coefficient (Wildman–Crippen LogP) is 4.14. The van der Waals surface area contributed by atoms with Gasteiger partial charge in [-0.05, 0) is 42.7 Å². The number of rotatable bonds is 4. The van der Waals surface area contributed by atoms with E-state index < -0.39 is 24.3 Å². The smallest absolute Gasteiger partial charge is 0.475 e. The molecular weight excluding hydrogens is 540 g/mol. The Hall–Kier alpha value is -3.62. The number of hydrogen-bond acceptors (Lipinski definition) is 6. The van der Waals surface area contributed by atoms with Crippen LogP contribution in [0.1, 0.15) is 49.2 Å². The second kappa shape index (κ2) is 13.0. The Morgan fingerprint density at radius 3 is 1.92 bits per heavy atom. The van der Waals surface area contributed by atoms with Crippen molar-refractivity contribution in [2.75, 3.05) is 13.1 Å². The average molecular weight is 567 g/mol. The number of carbonyl (C=O) groups is 3. The van der Waals surface area contributed by atoms with Crippen LogP contribution in [-0.2, 0) is 27.3 Å². The fourth-order valence-electron chi connectivity index (χ4n) is 4.33. The van der Waals surface area contributed by atoms with Crippen LogP contribution in [0.2, 0.25) is 0 Å². The van der Waals surface area contributed by atoms with Gasteiger partial charge in [-0.15, -0.1) is 0 Å². The lowest BCUT2D eigenvalue weighted by Crippen LogP contribution is -2.53. The van der Waals surface area contributed by atoms with E-state index in [1.165, 1.54) is 5.56 Å². The lowest BCUT2D eigenvalue weighted by molar-refractivity contribution is -0.193. The van der Waals surface area contributed by atoms with Crippen molar-refractivity contribution in [1.82, 2.24) is 15.2 Å². The lowest BCUT2D eigenvalue weighted by Gasteiger charge is -2.42. The van der Waals surface area contributed by atoms with Crippen molar-refractivity contribution < 1.29 is 55.4 Å². The molecule has 0 bridgehead atoms. The molecule has 2 fully saturated rings. The Labute approximate surface area is 218 Å². The van der Waals surface area contributed by atoms with Crippen molar-refractivity contribution in [3.05, 3.63) is 53.7 Å². The first-order valence-corrected chi connectivity index (χ1v) is 11.7. The number of furan rings is 1. The monoisotopic (exact) mass is 567 g/mol. The zero-order chi connectivity index (χ0) is 29.4. The first kappa shape index (κ1) is 31.6. The van der Waals surface area contributed by atoms with Gasteiger partial charge in [-0.2, -0.15) is 26.3 Å². The summed E-state index contributed by atoms with van der Waals surface area (Å²) in [5.41, 5.74) is 1.12. The zero-order valence-electron chi connectivity index (χ0n) is 20.7. The number of aromatic nitrogens is 1. The van der Waals surface area contributed by atoms with Crippen molar-refractivity contribution in [2.24, 2.45) is 0 Å². The van der Waals surface area contributed by atoms with E-state index in [0.29, 0.717) is 6.42 Å². The Kier molecular flexibility index (Phi) is 10.5. The zero-order valence-corrected chi connectivity index (χ0v) is 20.7. The van der Waals surface area contributed by atoms with Gasteiger partial charge in [0.2, 0.25) is 5.91 Å². The van der Waals surface area contributed by atoms with Crippen LogP contribution in [0.4, 0.5) is 26.3 Å². The number of likely N-dealkylation sites (tertiary alicyclic amines) is 1. The third kappa shape index (κ3) is 9.26. The van der Waals surface area contributed by atoms with Gasteiger partial charge in [0.15, 0.2) is 0 Å². The predicted molar refractivity (Wildman–Crippen MR) is 122 cm³/mol. The molecule has 1 amide bonds. The molecule has 0 radical (unpaired) electrons. The number of aryl methyl sites for hydroxylation is 1. The standard InChI is InChI=1S/C20H25N3O2.2C2HF3O2/c1-2-16-3-4-17(25-16)14-23-11-7-20(8-12-23)18(13-19(24)22-20)15-5-9-21-10-6-15;2*3-2(4,5)1(6)7/h3-6,9-10,18H,2,7-8,11-14H2,1H3,(H,22,24);2*(H,6,7). The molecule has 9 nitrogen and oxygen atoms in total. The SMILES string of the molecule is CCc1ccc(CN2CCC3(CC2)NC(=O)CC3c2ccncc2)o1.O=C(O)C(F)(F)F.O=C(O)C(F)(F)F. The van der Waals surface area contributed by atoms with Crippen LogP contribution in [0.25, 0.3) is 0 Å². The summed E-state index contributed by atoms with van der Waals surface area (Å²) in [6, 6.07) is 8.25. The molecule has 2 aromatic rings. The van der Waals surface area contributed by atoms with E-state index in [1.807, 2.05) is 24.5 Å².